The molecule has 1 aromatic heterocycles. The lowest BCUT2D eigenvalue weighted by molar-refractivity contribution is -0.389. The number of aryl methyl sites for hydroxylation is 1. The van der Waals surface area contributed by atoms with Crippen molar-refractivity contribution in [1.29, 1.82) is 0 Å². The minimum atomic E-state index is -4.72. The molecule has 248 valence electrons. The second-order valence-electron chi connectivity index (χ2n) is 11.5. The smallest absolute Gasteiger partial charge is 0.490 e. The molecule has 2 aliphatic heterocycles. The van der Waals surface area contributed by atoms with Gasteiger partial charge >= 0.3 is 18.2 Å². The first-order valence-corrected chi connectivity index (χ1v) is 15.3. The lowest BCUT2D eigenvalue weighted by atomic mass is 10.0. The number of piperidine rings is 1. The lowest BCUT2D eigenvalue weighted by Gasteiger charge is -2.39. The molecule has 0 aliphatic carbocycles. The maximum absolute atomic E-state index is 12.4. The van der Waals surface area contributed by atoms with Crippen LogP contribution >= 0.6 is 0 Å². The Kier molecular flexibility index (Phi) is 9.27. The summed E-state index contributed by atoms with van der Waals surface area (Å²) in [6.45, 7) is 2.96. The van der Waals surface area contributed by atoms with E-state index in [1.165, 1.54) is 18.3 Å². The quantitative estimate of drug-likeness (QED) is 0.131. The molecule has 0 radical (unpaired) electrons. The molecule has 1 fully saturated rings. The molecule has 4 aromatic rings. The van der Waals surface area contributed by atoms with Gasteiger partial charge in [-0.25, -0.2) is 0 Å². The van der Waals surface area contributed by atoms with Crippen LogP contribution in [0.4, 0.5) is 30.4 Å². The number of anilines is 2. The average molecular weight is 654 g/mol. The number of hydrogen-bond acceptors (Lipinski definition) is 9. The van der Waals surface area contributed by atoms with E-state index in [9.17, 15) is 23.3 Å². The van der Waals surface area contributed by atoms with Gasteiger partial charge in [-0.2, -0.15) is 0 Å². The number of imidazole rings is 1. The summed E-state index contributed by atoms with van der Waals surface area (Å²) in [5.74, 6) is 0.914. The number of aromatic nitrogens is 2. The van der Waals surface area contributed by atoms with Gasteiger partial charge in [-0.15, -0.1) is 13.2 Å². The van der Waals surface area contributed by atoms with E-state index in [4.69, 9.17) is 14.2 Å². The summed E-state index contributed by atoms with van der Waals surface area (Å²) in [5.41, 5.74) is 2.94. The third kappa shape index (κ3) is 8.18. The van der Waals surface area contributed by atoms with Crippen molar-refractivity contribution < 1.29 is 37.0 Å². The summed E-state index contributed by atoms with van der Waals surface area (Å²) in [5, 5.41) is 11.0. The Labute approximate surface area is 269 Å². The molecule has 47 heavy (non-hydrogen) atoms. The number of nitrogens with zero attached hydrogens (tertiary/aromatic N) is 5. The molecule has 3 heterocycles. The Morgan fingerprint density at radius 1 is 0.915 bits per heavy atom. The first-order chi connectivity index (χ1) is 22.6. The number of nitro groups is 1. The second-order valence-corrected chi connectivity index (χ2v) is 11.5. The number of benzene rings is 3. The Bertz CT molecular complexity index is 1640. The molecule has 1 saturated heterocycles. The number of ether oxygens (including phenoxy) is 4. The van der Waals surface area contributed by atoms with E-state index in [-0.39, 0.29) is 30.3 Å². The fourth-order valence-electron chi connectivity index (χ4n) is 5.73. The highest BCUT2D eigenvalue weighted by Crippen LogP contribution is 2.29. The average Bonchev–Trinajstić information content (AvgIpc) is 3.51. The van der Waals surface area contributed by atoms with Gasteiger partial charge < -0.3 is 38.9 Å². The van der Waals surface area contributed by atoms with Crippen molar-refractivity contribution in [3.05, 3.63) is 94.7 Å². The zero-order valence-corrected chi connectivity index (χ0v) is 25.6. The highest BCUT2D eigenvalue weighted by molar-refractivity contribution is 5.52. The second kappa shape index (κ2) is 13.7. The predicted octanol–water partition coefficient (Wildman–Crippen LogP) is 6.60. The van der Waals surface area contributed by atoms with Gasteiger partial charge in [0, 0.05) is 55.5 Å². The topological polar surface area (TPSA) is 104 Å². The largest absolute Gasteiger partial charge is 0.573 e. The van der Waals surface area contributed by atoms with Gasteiger partial charge in [0.1, 0.15) is 42.8 Å². The summed E-state index contributed by atoms with van der Waals surface area (Å²) >= 11 is 0. The lowest BCUT2D eigenvalue weighted by Crippen LogP contribution is -2.43. The van der Waals surface area contributed by atoms with Crippen molar-refractivity contribution in [2.24, 2.45) is 0 Å². The fraction of sp³-hybridized carbons (Fsp3) is 0.364. The molecular formula is C33H34F3N5O6. The third-order valence-electron chi connectivity index (χ3n) is 8.33. The number of halogens is 3. The minimum absolute atomic E-state index is 0.222. The van der Waals surface area contributed by atoms with Crippen molar-refractivity contribution >= 4 is 17.2 Å². The van der Waals surface area contributed by atoms with E-state index >= 15 is 0 Å². The molecule has 0 spiro atoms. The van der Waals surface area contributed by atoms with Crippen LogP contribution in [-0.4, -0.2) is 59.7 Å². The highest BCUT2D eigenvalue weighted by atomic mass is 19.4. The van der Waals surface area contributed by atoms with Gasteiger partial charge in [0.05, 0.1) is 0 Å². The predicted molar refractivity (Wildman–Crippen MR) is 167 cm³/mol. The monoisotopic (exact) mass is 653 g/mol. The van der Waals surface area contributed by atoms with Crippen LogP contribution in [0.3, 0.4) is 0 Å². The van der Waals surface area contributed by atoms with Crippen molar-refractivity contribution in [2.45, 2.75) is 50.9 Å². The van der Waals surface area contributed by atoms with Gasteiger partial charge in [0.15, 0.2) is 0 Å². The number of alkyl halides is 3. The maximum atomic E-state index is 12.4. The van der Waals surface area contributed by atoms with Crippen molar-refractivity contribution in [3.63, 3.8) is 0 Å². The minimum Gasteiger partial charge on any atom is -0.490 e. The van der Waals surface area contributed by atoms with E-state index in [2.05, 4.69) is 38.7 Å². The molecule has 0 bridgehead atoms. The molecular weight excluding hydrogens is 619 g/mol. The third-order valence-corrected chi connectivity index (χ3v) is 8.33. The van der Waals surface area contributed by atoms with Crippen LogP contribution in [0.2, 0.25) is 0 Å². The first-order valence-electron chi connectivity index (χ1n) is 15.3. The van der Waals surface area contributed by atoms with Gasteiger partial charge in [-0.3, -0.25) is 4.57 Å². The van der Waals surface area contributed by atoms with E-state index in [1.807, 2.05) is 36.4 Å². The van der Waals surface area contributed by atoms with Crippen LogP contribution in [0.25, 0.3) is 0 Å². The highest BCUT2D eigenvalue weighted by Gasteiger charge is 2.31. The van der Waals surface area contributed by atoms with Gasteiger partial charge in [0.25, 0.3) is 0 Å². The Hall–Kier alpha value is -5.14. The molecule has 0 amide bonds. The summed E-state index contributed by atoms with van der Waals surface area (Å²) in [4.78, 5) is 19.0. The van der Waals surface area contributed by atoms with Crippen LogP contribution in [-0.2, 0) is 13.2 Å². The molecule has 3 aromatic carbocycles. The van der Waals surface area contributed by atoms with Gasteiger partial charge in [-0.05, 0) is 84.0 Å². The summed E-state index contributed by atoms with van der Waals surface area (Å²) < 4.78 is 60.2. The molecule has 1 atom stereocenters. The van der Waals surface area contributed by atoms with Gasteiger partial charge in [-0.1, -0.05) is 12.1 Å². The Balaban J connectivity index is 0.929. The van der Waals surface area contributed by atoms with Gasteiger partial charge in [0.2, 0.25) is 0 Å². The molecule has 6 rings (SSSR count). The summed E-state index contributed by atoms with van der Waals surface area (Å²) in [7, 11) is 2.09. The molecule has 0 saturated carbocycles. The van der Waals surface area contributed by atoms with Crippen LogP contribution in [0.1, 0.15) is 24.8 Å². The Morgan fingerprint density at radius 2 is 1.55 bits per heavy atom. The van der Waals surface area contributed by atoms with Crippen molar-refractivity contribution in [1.82, 2.24) is 9.55 Å². The van der Waals surface area contributed by atoms with Crippen LogP contribution in [0.5, 0.6) is 23.3 Å². The summed E-state index contributed by atoms with van der Waals surface area (Å²) in [6.07, 6.45) is -0.906. The van der Waals surface area contributed by atoms with E-state index < -0.39 is 11.3 Å². The van der Waals surface area contributed by atoms with Crippen LogP contribution in [0, 0.1) is 10.1 Å². The van der Waals surface area contributed by atoms with Crippen LogP contribution < -0.4 is 28.7 Å². The SMILES string of the molecule is CN(c1ccc(OCc2ccc(OC(F)(F)F)cc2)cc1)C1CCN(c2ccc(OCC3CCn4cc([N+](=O)[O-])nc4O3)cc2)CC1. The fourth-order valence-corrected chi connectivity index (χ4v) is 5.73. The summed E-state index contributed by atoms with van der Waals surface area (Å²) in [6, 6.07) is 22.1. The first kappa shape index (κ1) is 31.8. The number of hydrogen-bond donors (Lipinski definition) is 0. The Morgan fingerprint density at radius 3 is 2.21 bits per heavy atom. The maximum Gasteiger partial charge on any atom is 0.573 e. The van der Waals surface area contributed by atoms with E-state index in [1.54, 1.807) is 16.7 Å². The van der Waals surface area contributed by atoms with Crippen molar-refractivity contribution in [3.8, 4) is 23.3 Å². The zero-order chi connectivity index (χ0) is 33.0. The van der Waals surface area contributed by atoms with Crippen molar-refractivity contribution in [2.75, 3.05) is 36.5 Å². The van der Waals surface area contributed by atoms with E-state index in [0.29, 0.717) is 31.4 Å². The zero-order valence-electron chi connectivity index (χ0n) is 25.6. The standard InChI is InChI=1S/C33H34F3N5O6/c1-38(24-4-10-27(11-5-24)44-21-23-2-8-29(9-3-23)47-33(34,35)36)25-14-17-39(18-15-25)26-6-12-28(13-7-26)45-22-30-16-19-40-20-31(41(42)43)37-32(40)46-30/h2-13,20,25,30H,14-19,21-22H2,1H3. The molecule has 2 aliphatic rings. The normalized spacial score (nSPS) is 16.6. The van der Waals surface area contributed by atoms with Crippen LogP contribution in [0.15, 0.2) is 79.0 Å². The van der Waals surface area contributed by atoms with E-state index in [0.717, 1.165) is 48.6 Å². The molecule has 14 heteroatoms. The number of fused-ring (bicyclic) bond motifs is 1. The molecule has 0 N–H and O–H groups in total. The molecule has 11 nitrogen and oxygen atoms in total. The number of rotatable bonds is 11. The molecule has 1 unspecified atom stereocenters.